The average Bonchev–Trinajstić information content (AvgIpc) is 2.28. The first-order valence-electron chi connectivity index (χ1n) is 5.41. The van der Waals surface area contributed by atoms with Crippen molar-refractivity contribution in [2.45, 2.75) is 31.8 Å². The van der Waals surface area contributed by atoms with Crippen LogP contribution in [0, 0.1) is 0 Å². The van der Waals surface area contributed by atoms with E-state index in [1.807, 2.05) is 0 Å². The molecule has 0 saturated heterocycles. The van der Waals surface area contributed by atoms with Gasteiger partial charge >= 0.3 is 12.1 Å². The molecule has 0 fully saturated rings. The maximum Gasteiger partial charge on any atom is 0.501 e. The van der Waals surface area contributed by atoms with Crippen molar-refractivity contribution in [3.8, 4) is 5.75 Å². The van der Waals surface area contributed by atoms with E-state index in [0.717, 1.165) is 36.8 Å². The summed E-state index contributed by atoms with van der Waals surface area (Å²) < 4.78 is 29.9. The van der Waals surface area contributed by atoms with E-state index >= 15 is 0 Å². The summed E-state index contributed by atoms with van der Waals surface area (Å²) in [6, 6.07) is 4.62. The lowest BCUT2D eigenvalue weighted by atomic mass is 9.92. The Balaban J connectivity index is 2.20. The summed E-state index contributed by atoms with van der Waals surface area (Å²) in [5, 5.41) is 8.27. The molecule has 1 aromatic carbocycles. The summed E-state index contributed by atoms with van der Waals surface area (Å²) in [6.07, 6.45) is -0.302. The Labute approximate surface area is 97.0 Å². The fourth-order valence-corrected chi connectivity index (χ4v) is 1.96. The van der Waals surface area contributed by atoms with Crippen molar-refractivity contribution < 1.29 is 23.4 Å². The number of ether oxygens (including phenoxy) is 1. The van der Waals surface area contributed by atoms with E-state index in [4.69, 9.17) is 5.11 Å². The Morgan fingerprint density at radius 3 is 2.53 bits per heavy atom. The molecule has 2 rings (SSSR count). The van der Waals surface area contributed by atoms with Crippen molar-refractivity contribution in [2.75, 3.05) is 0 Å². The fraction of sp³-hybridized carbons (Fsp3) is 0.417. The number of rotatable bonds is 3. The van der Waals surface area contributed by atoms with E-state index in [1.165, 1.54) is 12.1 Å². The Morgan fingerprint density at radius 2 is 1.88 bits per heavy atom. The van der Waals surface area contributed by atoms with Gasteiger partial charge in [0.2, 0.25) is 0 Å². The number of carboxylic acids is 1. The monoisotopic (exact) mass is 242 g/mol. The maximum atomic E-state index is 12.8. The largest absolute Gasteiger partial charge is 0.501 e. The van der Waals surface area contributed by atoms with Crippen LogP contribution in [0.4, 0.5) is 8.78 Å². The highest BCUT2D eigenvalue weighted by molar-refractivity contribution is 5.73. The molecule has 1 N–H and O–H groups in total. The van der Waals surface area contributed by atoms with Gasteiger partial charge in [0.1, 0.15) is 5.75 Å². The molecule has 0 unspecified atom stereocenters. The first-order chi connectivity index (χ1) is 7.99. The van der Waals surface area contributed by atoms with Crippen LogP contribution < -0.4 is 4.74 Å². The molecule has 0 saturated carbocycles. The predicted octanol–water partition coefficient (Wildman–Crippen LogP) is 2.62. The fourth-order valence-electron chi connectivity index (χ4n) is 1.96. The lowest BCUT2D eigenvalue weighted by molar-refractivity contribution is -0.210. The van der Waals surface area contributed by atoms with Gasteiger partial charge in [-0.15, -0.1) is 0 Å². The first-order valence-corrected chi connectivity index (χ1v) is 5.41. The Morgan fingerprint density at radius 1 is 1.24 bits per heavy atom. The van der Waals surface area contributed by atoms with Crippen molar-refractivity contribution in [1.82, 2.24) is 0 Å². The van der Waals surface area contributed by atoms with E-state index < -0.39 is 12.1 Å². The van der Waals surface area contributed by atoms with Crippen LogP contribution in [0.15, 0.2) is 18.2 Å². The van der Waals surface area contributed by atoms with Crippen LogP contribution in [0.1, 0.15) is 24.0 Å². The van der Waals surface area contributed by atoms with Crippen molar-refractivity contribution in [3.63, 3.8) is 0 Å². The van der Waals surface area contributed by atoms with Crippen molar-refractivity contribution in [3.05, 3.63) is 29.3 Å². The molecule has 3 nitrogen and oxygen atoms in total. The van der Waals surface area contributed by atoms with Gasteiger partial charge < -0.3 is 9.84 Å². The lowest BCUT2D eigenvalue weighted by Gasteiger charge is -2.18. The second-order valence-electron chi connectivity index (χ2n) is 4.06. The van der Waals surface area contributed by atoms with Gasteiger partial charge in [-0.25, -0.2) is 4.79 Å². The Kier molecular flexibility index (Phi) is 3.00. The molecule has 1 aliphatic rings. The molecular weight excluding hydrogens is 230 g/mol. The van der Waals surface area contributed by atoms with Gasteiger partial charge in [-0.1, -0.05) is 6.07 Å². The molecule has 0 amide bonds. The number of fused-ring (bicyclic) bond motifs is 1. The topological polar surface area (TPSA) is 46.5 Å². The minimum absolute atomic E-state index is 0.0990. The lowest BCUT2D eigenvalue weighted by Crippen LogP contribution is -2.34. The van der Waals surface area contributed by atoms with Gasteiger partial charge in [0.15, 0.2) is 0 Å². The van der Waals surface area contributed by atoms with Crippen molar-refractivity contribution >= 4 is 5.97 Å². The minimum atomic E-state index is -4.18. The SMILES string of the molecule is O=C(O)C(F)(F)Oc1ccc2c(c1)CCCC2. The number of carbonyl (C=O) groups is 1. The molecule has 0 bridgehead atoms. The molecule has 0 aliphatic heterocycles. The molecule has 92 valence electrons. The summed E-state index contributed by atoms with van der Waals surface area (Å²) >= 11 is 0. The summed E-state index contributed by atoms with van der Waals surface area (Å²) in [7, 11) is 0. The van der Waals surface area contributed by atoms with Crippen LogP contribution in [0.25, 0.3) is 0 Å². The first kappa shape index (κ1) is 11.8. The van der Waals surface area contributed by atoms with Crippen LogP contribution in [0.5, 0.6) is 5.75 Å². The summed E-state index contributed by atoms with van der Waals surface area (Å²) in [5.41, 5.74) is 2.09. The molecule has 5 heteroatoms. The normalized spacial score (nSPS) is 15.2. The van der Waals surface area contributed by atoms with Crippen LogP contribution >= 0.6 is 0 Å². The molecule has 0 heterocycles. The van der Waals surface area contributed by atoms with Gasteiger partial charge in [0.25, 0.3) is 0 Å². The standard InChI is InChI=1S/C12H12F2O3/c13-12(14,11(15)16)17-10-6-5-8-3-1-2-4-9(8)7-10/h5-7H,1-4H2,(H,15,16). The van der Waals surface area contributed by atoms with Gasteiger partial charge in [-0.3, -0.25) is 0 Å². The predicted molar refractivity (Wildman–Crippen MR) is 56.3 cm³/mol. The number of benzene rings is 1. The minimum Gasteiger partial charge on any atom is -0.474 e. The van der Waals surface area contributed by atoms with E-state index in [0.29, 0.717) is 0 Å². The van der Waals surface area contributed by atoms with E-state index in [9.17, 15) is 13.6 Å². The van der Waals surface area contributed by atoms with Gasteiger partial charge in [-0.2, -0.15) is 8.78 Å². The second kappa shape index (κ2) is 4.31. The number of hydrogen-bond donors (Lipinski definition) is 1. The molecular formula is C12H12F2O3. The number of hydrogen-bond acceptors (Lipinski definition) is 2. The molecule has 0 radical (unpaired) electrons. The van der Waals surface area contributed by atoms with Crippen LogP contribution in [0.2, 0.25) is 0 Å². The zero-order valence-corrected chi connectivity index (χ0v) is 9.08. The quantitative estimate of drug-likeness (QED) is 0.886. The van der Waals surface area contributed by atoms with Crippen molar-refractivity contribution in [1.29, 1.82) is 0 Å². The van der Waals surface area contributed by atoms with Gasteiger partial charge in [-0.05, 0) is 48.9 Å². The molecule has 1 aliphatic carbocycles. The Hall–Kier alpha value is -1.65. The average molecular weight is 242 g/mol. The number of halogens is 2. The second-order valence-corrected chi connectivity index (χ2v) is 4.06. The number of aliphatic carboxylic acids is 1. The smallest absolute Gasteiger partial charge is 0.474 e. The highest BCUT2D eigenvalue weighted by Gasteiger charge is 2.42. The number of aryl methyl sites for hydroxylation is 2. The molecule has 1 aromatic rings. The zero-order valence-electron chi connectivity index (χ0n) is 9.08. The van der Waals surface area contributed by atoms with E-state index in [2.05, 4.69) is 4.74 Å². The van der Waals surface area contributed by atoms with Crippen LogP contribution in [-0.2, 0) is 17.6 Å². The number of carboxylic acid groups (broad SMARTS) is 1. The third-order valence-electron chi connectivity index (χ3n) is 2.81. The Bertz CT molecular complexity index is 443. The number of alkyl halides is 2. The summed E-state index contributed by atoms with van der Waals surface area (Å²) in [5.74, 6) is -2.38. The van der Waals surface area contributed by atoms with Crippen LogP contribution in [-0.4, -0.2) is 17.2 Å². The zero-order chi connectivity index (χ0) is 12.5. The summed E-state index contributed by atoms with van der Waals surface area (Å²) in [4.78, 5) is 10.2. The van der Waals surface area contributed by atoms with Gasteiger partial charge in [0, 0.05) is 0 Å². The molecule has 17 heavy (non-hydrogen) atoms. The highest BCUT2D eigenvalue weighted by Crippen LogP contribution is 2.28. The van der Waals surface area contributed by atoms with E-state index in [1.54, 1.807) is 6.07 Å². The van der Waals surface area contributed by atoms with Crippen LogP contribution in [0.3, 0.4) is 0 Å². The molecule has 0 aromatic heterocycles. The maximum absolute atomic E-state index is 12.8. The third-order valence-corrected chi connectivity index (χ3v) is 2.81. The highest BCUT2D eigenvalue weighted by atomic mass is 19.3. The van der Waals surface area contributed by atoms with E-state index in [-0.39, 0.29) is 5.75 Å². The molecule has 0 atom stereocenters. The van der Waals surface area contributed by atoms with Crippen molar-refractivity contribution in [2.24, 2.45) is 0 Å². The third kappa shape index (κ3) is 2.54. The molecule has 0 spiro atoms. The summed E-state index contributed by atoms with van der Waals surface area (Å²) in [6.45, 7) is 0. The van der Waals surface area contributed by atoms with Gasteiger partial charge in [0.05, 0.1) is 0 Å².